The zero-order chi connectivity index (χ0) is 18.5. The fourth-order valence-electron chi connectivity index (χ4n) is 2.60. The van der Waals surface area contributed by atoms with Gasteiger partial charge in [-0.15, -0.1) is 10.2 Å². The van der Waals surface area contributed by atoms with Gasteiger partial charge in [-0.2, -0.15) is 13.2 Å². The maximum absolute atomic E-state index is 13.0. The number of aryl methyl sites for hydroxylation is 1. The summed E-state index contributed by atoms with van der Waals surface area (Å²) >= 11 is 7.17. The minimum absolute atomic E-state index is 0.0949. The number of thioether (sulfide) groups is 1. The normalized spacial score (nSPS) is 12.3. The third kappa shape index (κ3) is 3.01. The standard InChI is InChI=1S/C16H11ClF3N5S/c1-9-3-2-4-24-7-11(21-13(9)24)8-26-15-23-22-14-12(17)5-10(6-25(14)15)16(18,19)20/h2-7H,8H2,1H3. The Hall–Kier alpha value is -2.26. The number of rotatable bonds is 3. The minimum atomic E-state index is -4.50. The largest absolute Gasteiger partial charge is 0.417 e. The second kappa shape index (κ2) is 6.17. The zero-order valence-electron chi connectivity index (χ0n) is 13.3. The molecular weight excluding hydrogens is 387 g/mol. The summed E-state index contributed by atoms with van der Waals surface area (Å²) in [7, 11) is 0. The summed E-state index contributed by atoms with van der Waals surface area (Å²) in [6.07, 6.45) is 0.235. The van der Waals surface area contributed by atoms with Crippen LogP contribution in [0.4, 0.5) is 13.2 Å². The van der Waals surface area contributed by atoms with Crippen molar-refractivity contribution >= 4 is 34.7 Å². The Bertz CT molecular complexity index is 1120. The van der Waals surface area contributed by atoms with Crippen molar-refractivity contribution in [2.24, 2.45) is 0 Å². The van der Waals surface area contributed by atoms with Gasteiger partial charge in [0, 0.05) is 24.3 Å². The molecule has 4 aromatic rings. The Labute approximate surface area is 154 Å². The van der Waals surface area contributed by atoms with E-state index in [0.717, 1.165) is 29.2 Å². The summed E-state index contributed by atoms with van der Waals surface area (Å²) in [5.74, 6) is 0.440. The molecule has 0 N–H and O–H groups in total. The SMILES string of the molecule is Cc1cccn2cc(CSc3nnc4c(Cl)cc(C(F)(F)F)cn34)nc12. The summed E-state index contributed by atoms with van der Waals surface area (Å²) in [5, 5.41) is 8.06. The molecule has 0 saturated carbocycles. The van der Waals surface area contributed by atoms with Crippen molar-refractivity contribution in [3.8, 4) is 0 Å². The summed E-state index contributed by atoms with van der Waals surface area (Å²) < 4.78 is 42.2. The van der Waals surface area contributed by atoms with Gasteiger partial charge in [0.05, 0.1) is 16.3 Å². The van der Waals surface area contributed by atoms with Gasteiger partial charge in [-0.3, -0.25) is 4.40 Å². The molecule has 0 aromatic carbocycles. The lowest BCUT2D eigenvalue weighted by atomic mass is 10.3. The number of nitrogens with zero attached hydrogens (tertiary/aromatic N) is 5. The lowest BCUT2D eigenvalue weighted by Gasteiger charge is -2.08. The highest BCUT2D eigenvalue weighted by Crippen LogP contribution is 2.33. The molecule has 4 aromatic heterocycles. The van der Waals surface area contributed by atoms with E-state index >= 15 is 0 Å². The van der Waals surface area contributed by atoms with E-state index in [-0.39, 0.29) is 10.7 Å². The monoisotopic (exact) mass is 397 g/mol. The molecule has 0 saturated heterocycles. The Morgan fingerprint density at radius 2 is 2.00 bits per heavy atom. The fraction of sp³-hybridized carbons (Fsp3) is 0.188. The van der Waals surface area contributed by atoms with Crippen LogP contribution in [0.5, 0.6) is 0 Å². The Balaban J connectivity index is 1.66. The van der Waals surface area contributed by atoms with Crippen molar-refractivity contribution in [2.75, 3.05) is 0 Å². The van der Waals surface area contributed by atoms with E-state index < -0.39 is 11.7 Å². The summed E-state index contributed by atoms with van der Waals surface area (Å²) in [6.45, 7) is 1.96. The van der Waals surface area contributed by atoms with Gasteiger partial charge in [0.2, 0.25) is 0 Å². The van der Waals surface area contributed by atoms with Crippen LogP contribution in [0.25, 0.3) is 11.3 Å². The van der Waals surface area contributed by atoms with Crippen LogP contribution in [-0.4, -0.2) is 24.0 Å². The molecule has 0 spiro atoms. The minimum Gasteiger partial charge on any atom is -0.307 e. The molecule has 0 atom stereocenters. The van der Waals surface area contributed by atoms with Gasteiger partial charge >= 0.3 is 6.18 Å². The first-order chi connectivity index (χ1) is 12.3. The van der Waals surface area contributed by atoms with Gasteiger partial charge in [-0.25, -0.2) is 4.98 Å². The molecule has 0 aliphatic rings. The Morgan fingerprint density at radius 1 is 1.19 bits per heavy atom. The summed E-state index contributed by atoms with van der Waals surface area (Å²) in [5.41, 5.74) is 2.02. The molecule has 4 rings (SSSR count). The van der Waals surface area contributed by atoms with Crippen LogP contribution in [0.3, 0.4) is 0 Å². The predicted molar refractivity (Wildman–Crippen MR) is 92.5 cm³/mol. The van der Waals surface area contributed by atoms with Gasteiger partial charge in [-0.1, -0.05) is 29.4 Å². The van der Waals surface area contributed by atoms with Crippen LogP contribution in [0, 0.1) is 6.92 Å². The Kier molecular flexibility index (Phi) is 4.07. The molecule has 0 radical (unpaired) electrons. The third-order valence-electron chi connectivity index (χ3n) is 3.83. The first-order valence-corrected chi connectivity index (χ1v) is 8.87. The number of hydrogen-bond donors (Lipinski definition) is 0. The number of fused-ring (bicyclic) bond motifs is 2. The zero-order valence-corrected chi connectivity index (χ0v) is 14.9. The van der Waals surface area contributed by atoms with Crippen LogP contribution >= 0.6 is 23.4 Å². The van der Waals surface area contributed by atoms with Crippen molar-refractivity contribution < 1.29 is 13.2 Å². The molecule has 0 bridgehead atoms. The lowest BCUT2D eigenvalue weighted by molar-refractivity contribution is -0.137. The van der Waals surface area contributed by atoms with Crippen molar-refractivity contribution in [2.45, 2.75) is 24.0 Å². The molecule has 26 heavy (non-hydrogen) atoms. The second-order valence-corrected chi connectivity index (χ2v) is 7.04. The maximum Gasteiger partial charge on any atom is 0.417 e. The highest BCUT2D eigenvalue weighted by molar-refractivity contribution is 7.98. The van der Waals surface area contributed by atoms with E-state index in [4.69, 9.17) is 11.6 Å². The Morgan fingerprint density at radius 3 is 2.73 bits per heavy atom. The quantitative estimate of drug-likeness (QED) is 0.472. The molecule has 134 valence electrons. The van der Waals surface area contributed by atoms with Crippen LogP contribution in [0.1, 0.15) is 16.8 Å². The second-order valence-electron chi connectivity index (χ2n) is 5.69. The van der Waals surface area contributed by atoms with E-state index in [1.165, 1.54) is 16.2 Å². The number of imidazole rings is 1. The van der Waals surface area contributed by atoms with Crippen LogP contribution in [0.2, 0.25) is 5.02 Å². The van der Waals surface area contributed by atoms with E-state index in [9.17, 15) is 13.2 Å². The number of pyridine rings is 2. The average Bonchev–Trinajstić information content (AvgIpc) is 3.16. The van der Waals surface area contributed by atoms with Gasteiger partial charge in [0.1, 0.15) is 5.65 Å². The van der Waals surface area contributed by atoms with Gasteiger partial charge in [0.25, 0.3) is 0 Å². The first kappa shape index (κ1) is 17.2. The van der Waals surface area contributed by atoms with Crippen molar-refractivity contribution in [3.63, 3.8) is 0 Å². The highest BCUT2D eigenvalue weighted by atomic mass is 35.5. The van der Waals surface area contributed by atoms with Crippen LogP contribution in [-0.2, 0) is 11.9 Å². The summed E-state index contributed by atoms with van der Waals surface area (Å²) in [6, 6.07) is 4.74. The predicted octanol–water partition coefficient (Wildman–Crippen LogP) is 4.65. The first-order valence-electron chi connectivity index (χ1n) is 7.50. The smallest absolute Gasteiger partial charge is 0.307 e. The molecule has 0 aliphatic carbocycles. The number of halogens is 4. The van der Waals surface area contributed by atoms with Crippen LogP contribution in [0.15, 0.2) is 41.9 Å². The lowest BCUT2D eigenvalue weighted by Crippen LogP contribution is -2.07. The maximum atomic E-state index is 13.0. The molecule has 10 heteroatoms. The average molecular weight is 398 g/mol. The van der Waals surface area contributed by atoms with Crippen molar-refractivity contribution in [3.05, 3.63) is 58.6 Å². The molecule has 0 unspecified atom stereocenters. The van der Waals surface area contributed by atoms with Gasteiger partial charge in [0.15, 0.2) is 10.8 Å². The highest BCUT2D eigenvalue weighted by Gasteiger charge is 2.32. The molecule has 5 nitrogen and oxygen atoms in total. The van der Waals surface area contributed by atoms with Crippen molar-refractivity contribution in [1.29, 1.82) is 0 Å². The van der Waals surface area contributed by atoms with E-state index in [0.29, 0.717) is 10.9 Å². The summed E-state index contributed by atoms with van der Waals surface area (Å²) in [4.78, 5) is 4.54. The molecule has 0 amide bonds. The topological polar surface area (TPSA) is 47.5 Å². The molecule has 0 fully saturated rings. The fourth-order valence-corrected chi connectivity index (χ4v) is 3.64. The number of hydrogen-bond acceptors (Lipinski definition) is 4. The van der Waals surface area contributed by atoms with Gasteiger partial charge in [-0.05, 0) is 24.6 Å². The third-order valence-corrected chi connectivity index (χ3v) is 5.09. The number of alkyl halides is 3. The molecular formula is C16H11ClF3N5S. The molecule has 0 aliphatic heterocycles. The van der Waals surface area contributed by atoms with Crippen LogP contribution < -0.4 is 0 Å². The van der Waals surface area contributed by atoms with Gasteiger partial charge < -0.3 is 4.40 Å². The molecule has 4 heterocycles. The van der Waals surface area contributed by atoms with E-state index in [1.54, 1.807) is 0 Å². The van der Waals surface area contributed by atoms with E-state index in [1.807, 2.05) is 35.9 Å². The van der Waals surface area contributed by atoms with Crippen molar-refractivity contribution in [1.82, 2.24) is 24.0 Å². The van der Waals surface area contributed by atoms with E-state index in [2.05, 4.69) is 15.2 Å². The number of aromatic nitrogens is 5.